The summed E-state index contributed by atoms with van der Waals surface area (Å²) >= 11 is 3.17. The Morgan fingerprint density at radius 3 is 2.41 bits per heavy atom. The highest BCUT2D eigenvalue weighted by atomic mass is 79.9. The zero-order valence-electron chi connectivity index (χ0n) is 10.9. The van der Waals surface area contributed by atoms with Gasteiger partial charge >= 0.3 is 5.97 Å². The smallest absolute Gasteiger partial charge is 0.319 e. The maximum absolute atomic E-state index is 11.1. The van der Waals surface area contributed by atoms with Crippen LogP contribution in [0.5, 0.6) is 0 Å². The van der Waals surface area contributed by atoms with E-state index in [2.05, 4.69) is 15.9 Å². The lowest BCUT2D eigenvalue weighted by atomic mass is 10.3. The van der Waals surface area contributed by atoms with Crippen LogP contribution in [0.1, 0.15) is 26.2 Å². The number of carbonyl (C=O) groups excluding carboxylic acids is 1. The second-order valence-electron chi connectivity index (χ2n) is 3.89. The van der Waals surface area contributed by atoms with Crippen LogP contribution < -0.4 is 0 Å². The van der Waals surface area contributed by atoms with Crippen molar-refractivity contribution in [3.8, 4) is 0 Å². The number of hydrogen-bond acceptors (Lipinski definition) is 4. The lowest BCUT2D eigenvalue weighted by Gasteiger charge is -2.12. The number of hydrogen-bond donors (Lipinski definition) is 0. The van der Waals surface area contributed by atoms with Crippen molar-refractivity contribution >= 4 is 31.4 Å². The predicted molar refractivity (Wildman–Crippen MR) is 74.4 cm³/mol. The normalized spacial score (nSPS) is 13.5. The van der Waals surface area contributed by atoms with Gasteiger partial charge in [-0.05, 0) is 13.3 Å². The van der Waals surface area contributed by atoms with Gasteiger partial charge in [0.1, 0.15) is 10.7 Å². The van der Waals surface area contributed by atoms with Crippen LogP contribution in [-0.2, 0) is 19.0 Å². The lowest BCUT2D eigenvalue weighted by Crippen LogP contribution is -2.20. The third-order valence-corrected chi connectivity index (χ3v) is 4.85. The molecule has 1 atom stereocenters. The van der Waals surface area contributed by atoms with Gasteiger partial charge in [0.05, 0.1) is 16.1 Å². The van der Waals surface area contributed by atoms with Gasteiger partial charge in [-0.15, -0.1) is 0 Å². The van der Waals surface area contributed by atoms with Crippen molar-refractivity contribution in [1.82, 2.24) is 0 Å². The fourth-order valence-electron chi connectivity index (χ4n) is 1.39. The maximum atomic E-state index is 11.1. The standard InChI is InChI=1S/C11H23BrO4Si/c1-9(12)10(13)16-7-5-4-6-8-17-11(14-2)15-3/h9,11H,4-8,17H2,1-3H3. The Morgan fingerprint density at radius 1 is 1.24 bits per heavy atom. The molecule has 0 saturated heterocycles. The van der Waals surface area contributed by atoms with Crippen LogP contribution in [0.15, 0.2) is 0 Å². The third kappa shape index (κ3) is 9.76. The van der Waals surface area contributed by atoms with Gasteiger partial charge < -0.3 is 14.2 Å². The molecule has 0 aromatic heterocycles. The summed E-state index contributed by atoms with van der Waals surface area (Å²) in [6, 6.07) is 1.20. The Bertz CT molecular complexity index is 198. The summed E-state index contributed by atoms with van der Waals surface area (Å²) in [5, 5.41) is 0. The monoisotopic (exact) mass is 326 g/mol. The number of ether oxygens (including phenoxy) is 3. The van der Waals surface area contributed by atoms with Crippen LogP contribution in [0.25, 0.3) is 0 Å². The molecule has 0 heterocycles. The van der Waals surface area contributed by atoms with Crippen LogP contribution in [0.3, 0.4) is 0 Å². The minimum Gasteiger partial charge on any atom is -0.465 e. The fraction of sp³-hybridized carbons (Fsp3) is 0.909. The Labute approximate surface area is 114 Å². The molecule has 0 spiro atoms. The first-order chi connectivity index (χ1) is 8.11. The van der Waals surface area contributed by atoms with Gasteiger partial charge in [0.2, 0.25) is 0 Å². The zero-order chi connectivity index (χ0) is 13.1. The molecule has 0 aliphatic heterocycles. The SMILES string of the molecule is COC(OC)[SiH2]CCCCCOC(=O)C(C)Br. The van der Waals surface area contributed by atoms with Gasteiger partial charge in [0, 0.05) is 14.2 Å². The highest BCUT2D eigenvalue weighted by Crippen LogP contribution is 2.05. The first-order valence-corrected chi connectivity index (χ1v) is 8.71. The van der Waals surface area contributed by atoms with E-state index in [1.807, 2.05) is 0 Å². The Morgan fingerprint density at radius 2 is 1.88 bits per heavy atom. The molecule has 0 saturated carbocycles. The molecule has 0 aliphatic rings. The number of methoxy groups -OCH3 is 2. The van der Waals surface area contributed by atoms with Crippen molar-refractivity contribution in [3.05, 3.63) is 0 Å². The molecule has 102 valence electrons. The summed E-state index contributed by atoms with van der Waals surface area (Å²) in [4.78, 5) is 10.9. The van der Waals surface area contributed by atoms with Crippen molar-refractivity contribution in [1.29, 1.82) is 0 Å². The molecular weight excluding hydrogens is 304 g/mol. The molecule has 0 aliphatic carbocycles. The summed E-state index contributed by atoms with van der Waals surface area (Å²) in [6.45, 7) is 2.29. The van der Waals surface area contributed by atoms with Crippen LogP contribution in [-0.4, -0.2) is 47.1 Å². The minimum absolute atomic E-state index is 0.0436. The number of halogens is 1. The molecule has 0 fully saturated rings. The number of carbonyl (C=O) groups is 1. The summed E-state index contributed by atoms with van der Waals surface area (Å²) in [5.74, 6) is -0.139. The summed E-state index contributed by atoms with van der Waals surface area (Å²) in [7, 11) is 3.07. The van der Waals surface area contributed by atoms with E-state index in [-0.39, 0.29) is 26.2 Å². The maximum Gasteiger partial charge on any atom is 0.319 e. The van der Waals surface area contributed by atoms with Crippen molar-refractivity contribution in [3.63, 3.8) is 0 Å². The van der Waals surface area contributed by atoms with E-state index in [9.17, 15) is 4.79 Å². The molecule has 6 heteroatoms. The number of rotatable bonds is 10. The van der Waals surface area contributed by atoms with Crippen molar-refractivity contribution in [2.75, 3.05) is 20.8 Å². The van der Waals surface area contributed by atoms with E-state index in [0.29, 0.717) is 6.61 Å². The van der Waals surface area contributed by atoms with Crippen molar-refractivity contribution in [2.24, 2.45) is 0 Å². The second-order valence-corrected chi connectivity index (χ2v) is 7.21. The Balaban J connectivity index is 3.27. The van der Waals surface area contributed by atoms with Crippen LogP contribution >= 0.6 is 15.9 Å². The summed E-state index contributed by atoms with van der Waals surface area (Å²) in [6.07, 6.45) is 3.19. The van der Waals surface area contributed by atoms with Gasteiger partial charge in [-0.1, -0.05) is 34.8 Å². The lowest BCUT2D eigenvalue weighted by molar-refractivity contribution is -0.142. The average molecular weight is 327 g/mol. The predicted octanol–water partition coefficient (Wildman–Crippen LogP) is 1.65. The average Bonchev–Trinajstić information content (AvgIpc) is 2.32. The van der Waals surface area contributed by atoms with E-state index in [0.717, 1.165) is 19.3 Å². The van der Waals surface area contributed by atoms with Gasteiger partial charge in [-0.25, -0.2) is 0 Å². The molecule has 0 aromatic rings. The number of esters is 1. The molecule has 0 N–H and O–H groups in total. The second kappa shape index (κ2) is 11.2. The van der Waals surface area contributed by atoms with Gasteiger partial charge in [-0.3, -0.25) is 4.79 Å². The topological polar surface area (TPSA) is 44.8 Å². The molecule has 0 bridgehead atoms. The number of alkyl halides is 1. The molecule has 17 heavy (non-hydrogen) atoms. The van der Waals surface area contributed by atoms with E-state index in [4.69, 9.17) is 14.2 Å². The van der Waals surface area contributed by atoms with Gasteiger partial charge in [0.15, 0.2) is 0 Å². The highest BCUT2D eigenvalue weighted by molar-refractivity contribution is 9.10. The van der Waals surface area contributed by atoms with Gasteiger partial charge in [-0.2, -0.15) is 0 Å². The van der Waals surface area contributed by atoms with Crippen molar-refractivity contribution in [2.45, 2.75) is 43.0 Å². The minimum atomic E-state index is -0.297. The molecular formula is C11H23BrO4Si. The molecule has 4 nitrogen and oxygen atoms in total. The van der Waals surface area contributed by atoms with E-state index in [1.165, 1.54) is 6.04 Å². The quantitative estimate of drug-likeness (QED) is 0.201. The Kier molecular flexibility index (Phi) is 11.3. The van der Waals surface area contributed by atoms with E-state index >= 15 is 0 Å². The zero-order valence-corrected chi connectivity index (χ0v) is 13.9. The van der Waals surface area contributed by atoms with E-state index < -0.39 is 0 Å². The molecule has 0 rings (SSSR count). The first kappa shape index (κ1) is 17.1. The van der Waals surface area contributed by atoms with Crippen LogP contribution in [0.4, 0.5) is 0 Å². The van der Waals surface area contributed by atoms with Crippen LogP contribution in [0.2, 0.25) is 6.04 Å². The van der Waals surface area contributed by atoms with Gasteiger partial charge in [0.25, 0.3) is 0 Å². The molecule has 0 aromatic carbocycles. The largest absolute Gasteiger partial charge is 0.465 e. The van der Waals surface area contributed by atoms with Crippen molar-refractivity contribution < 1.29 is 19.0 Å². The number of unbranched alkanes of at least 4 members (excludes halogenated alkanes) is 2. The van der Waals surface area contributed by atoms with Crippen LogP contribution in [0, 0.1) is 0 Å². The molecule has 0 amide bonds. The summed E-state index contributed by atoms with van der Waals surface area (Å²) in [5.41, 5.74) is 0. The molecule has 1 unspecified atom stereocenters. The first-order valence-electron chi connectivity index (χ1n) is 5.98. The van der Waals surface area contributed by atoms with E-state index in [1.54, 1.807) is 21.1 Å². The highest BCUT2D eigenvalue weighted by Gasteiger charge is 2.09. The Hall–Kier alpha value is 0.0869. The third-order valence-electron chi connectivity index (χ3n) is 2.43. The molecule has 0 radical (unpaired) electrons. The summed E-state index contributed by atoms with van der Waals surface area (Å²) < 4.78 is 15.3. The fourth-order valence-corrected chi connectivity index (χ4v) is 2.97.